The zero-order valence-corrected chi connectivity index (χ0v) is 8.92. The third-order valence-corrected chi connectivity index (χ3v) is 3.07. The number of ether oxygens (including phenoxy) is 2. The summed E-state index contributed by atoms with van der Waals surface area (Å²) in [6.07, 6.45) is -2.48. The smallest absolute Gasteiger partial charge is 0.217 e. The molecule has 1 spiro atoms. The van der Waals surface area contributed by atoms with Crippen molar-refractivity contribution in [3.05, 3.63) is 0 Å². The van der Waals surface area contributed by atoms with Gasteiger partial charge in [0.25, 0.3) is 0 Å². The number of rotatable bonds is 2. The summed E-state index contributed by atoms with van der Waals surface area (Å²) < 4.78 is 10.5. The standard InChI is InChI=1S/C9H16N2O5/c1-4(13)11-6-7(14)9(3-15-9)5(2-12)16-8(6)10/h5-8,12,14H,2-3,10H2,1H3,(H,11,13)/t5-,6-,7-,8-,9-/m1/s1. The van der Waals surface area contributed by atoms with Crippen molar-refractivity contribution in [2.45, 2.75) is 37.0 Å². The Kier molecular flexibility index (Phi) is 2.89. The summed E-state index contributed by atoms with van der Waals surface area (Å²) in [4.78, 5) is 11.0. The van der Waals surface area contributed by atoms with Crippen LogP contribution < -0.4 is 11.1 Å². The van der Waals surface area contributed by atoms with Gasteiger partial charge in [0.15, 0.2) is 0 Å². The minimum Gasteiger partial charge on any atom is -0.394 e. The summed E-state index contributed by atoms with van der Waals surface area (Å²) in [6, 6.07) is -0.720. The highest BCUT2D eigenvalue weighted by molar-refractivity contribution is 5.73. The fraction of sp³-hybridized carbons (Fsp3) is 0.889. The van der Waals surface area contributed by atoms with Crippen LogP contribution >= 0.6 is 0 Å². The summed E-state index contributed by atoms with van der Waals surface area (Å²) in [5.74, 6) is -0.304. The molecule has 0 aromatic rings. The van der Waals surface area contributed by atoms with E-state index in [-0.39, 0.29) is 12.5 Å². The van der Waals surface area contributed by atoms with E-state index in [0.717, 1.165) is 0 Å². The average Bonchev–Trinajstić information content (AvgIpc) is 3.00. The molecule has 5 atom stereocenters. The van der Waals surface area contributed by atoms with Crippen LogP contribution in [0.5, 0.6) is 0 Å². The van der Waals surface area contributed by atoms with Crippen molar-refractivity contribution in [3.8, 4) is 0 Å². The van der Waals surface area contributed by atoms with Crippen LogP contribution in [-0.2, 0) is 14.3 Å². The number of nitrogens with two attached hydrogens (primary N) is 1. The molecule has 2 heterocycles. The lowest BCUT2D eigenvalue weighted by atomic mass is 9.87. The molecule has 0 aromatic heterocycles. The van der Waals surface area contributed by atoms with E-state index in [9.17, 15) is 9.90 Å². The van der Waals surface area contributed by atoms with E-state index in [2.05, 4.69) is 5.32 Å². The Hall–Kier alpha value is -0.730. The second-order valence-electron chi connectivity index (χ2n) is 4.19. The third kappa shape index (κ3) is 1.70. The molecule has 2 aliphatic rings. The largest absolute Gasteiger partial charge is 0.394 e. The number of nitrogens with one attached hydrogen (secondary N) is 1. The fourth-order valence-corrected chi connectivity index (χ4v) is 2.10. The summed E-state index contributed by atoms with van der Waals surface area (Å²) in [5.41, 5.74) is 4.75. The van der Waals surface area contributed by atoms with Gasteiger partial charge in [0.2, 0.25) is 5.91 Å². The van der Waals surface area contributed by atoms with Crippen molar-refractivity contribution < 1.29 is 24.5 Å². The van der Waals surface area contributed by atoms with Crippen molar-refractivity contribution in [2.75, 3.05) is 13.2 Å². The molecule has 2 fully saturated rings. The third-order valence-electron chi connectivity index (χ3n) is 3.07. The molecule has 0 aromatic carbocycles. The molecular formula is C9H16N2O5. The number of carbonyl (C=O) groups is 1. The van der Waals surface area contributed by atoms with Crippen LogP contribution in [0.15, 0.2) is 0 Å². The molecule has 2 saturated heterocycles. The van der Waals surface area contributed by atoms with Gasteiger partial charge in [-0.1, -0.05) is 0 Å². The van der Waals surface area contributed by atoms with Gasteiger partial charge in [0.05, 0.1) is 19.3 Å². The zero-order chi connectivity index (χ0) is 11.9. The molecule has 7 heteroatoms. The first-order valence-electron chi connectivity index (χ1n) is 5.12. The lowest BCUT2D eigenvalue weighted by Crippen LogP contribution is -2.68. The molecule has 0 unspecified atom stereocenters. The van der Waals surface area contributed by atoms with Gasteiger partial charge in [0.1, 0.15) is 24.0 Å². The highest BCUT2D eigenvalue weighted by Crippen LogP contribution is 2.41. The Labute approximate surface area is 92.5 Å². The minimum atomic E-state index is -0.975. The molecule has 1 amide bonds. The van der Waals surface area contributed by atoms with E-state index in [1.165, 1.54) is 6.92 Å². The lowest BCUT2D eigenvalue weighted by molar-refractivity contribution is -0.175. The molecule has 16 heavy (non-hydrogen) atoms. The van der Waals surface area contributed by atoms with Crippen LogP contribution in [0.1, 0.15) is 6.92 Å². The maximum Gasteiger partial charge on any atom is 0.217 e. The number of amides is 1. The van der Waals surface area contributed by atoms with Crippen LogP contribution in [0.2, 0.25) is 0 Å². The number of hydrogen-bond acceptors (Lipinski definition) is 6. The Morgan fingerprint density at radius 1 is 1.69 bits per heavy atom. The summed E-state index contributed by atoms with van der Waals surface area (Å²) in [7, 11) is 0. The predicted molar refractivity (Wildman–Crippen MR) is 52.2 cm³/mol. The SMILES string of the molecule is CC(=O)N[C@H]1[C@H](N)O[C@H](CO)[C@]2(CO2)[C@@H]1O. The van der Waals surface area contributed by atoms with Gasteiger partial charge in [-0.25, -0.2) is 0 Å². The Bertz CT molecular complexity index is 294. The van der Waals surface area contributed by atoms with Crippen molar-refractivity contribution in [1.82, 2.24) is 5.32 Å². The topological polar surface area (TPSA) is 117 Å². The van der Waals surface area contributed by atoms with Gasteiger partial charge in [-0.2, -0.15) is 0 Å². The quantitative estimate of drug-likeness (QED) is 0.385. The number of carbonyl (C=O) groups excluding carboxylic acids is 1. The highest BCUT2D eigenvalue weighted by Gasteiger charge is 2.64. The van der Waals surface area contributed by atoms with Gasteiger partial charge in [0, 0.05) is 6.92 Å². The fourth-order valence-electron chi connectivity index (χ4n) is 2.10. The number of aliphatic hydroxyl groups is 2. The summed E-state index contributed by atoms with van der Waals surface area (Å²) >= 11 is 0. The van der Waals surface area contributed by atoms with Crippen LogP contribution in [0.25, 0.3) is 0 Å². The Balaban J connectivity index is 2.14. The van der Waals surface area contributed by atoms with E-state index >= 15 is 0 Å². The molecule has 0 saturated carbocycles. The first-order chi connectivity index (χ1) is 7.51. The minimum absolute atomic E-state index is 0.280. The Morgan fingerprint density at radius 2 is 2.31 bits per heavy atom. The molecule has 7 nitrogen and oxygen atoms in total. The second-order valence-corrected chi connectivity index (χ2v) is 4.19. The van der Waals surface area contributed by atoms with Crippen LogP contribution in [0, 0.1) is 0 Å². The summed E-state index contributed by atoms with van der Waals surface area (Å²) in [6.45, 7) is 1.34. The van der Waals surface area contributed by atoms with Crippen molar-refractivity contribution >= 4 is 5.91 Å². The molecule has 92 valence electrons. The maximum absolute atomic E-state index is 11.0. The maximum atomic E-state index is 11.0. The van der Waals surface area contributed by atoms with Crippen LogP contribution in [-0.4, -0.2) is 59.4 Å². The van der Waals surface area contributed by atoms with Crippen molar-refractivity contribution in [3.63, 3.8) is 0 Å². The van der Waals surface area contributed by atoms with Crippen molar-refractivity contribution in [2.24, 2.45) is 5.73 Å². The molecular weight excluding hydrogens is 216 g/mol. The number of hydrogen-bond donors (Lipinski definition) is 4. The molecule has 0 aliphatic carbocycles. The van der Waals surface area contributed by atoms with Gasteiger partial charge in [-0.15, -0.1) is 0 Å². The molecule has 0 bridgehead atoms. The van der Waals surface area contributed by atoms with E-state index in [1.807, 2.05) is 0 Å². The van der Waals surface area contributed by atoms with E-state index in [4.69, 9.17) is 20.3 Å². The van der Waals surface area contributed by atoms with E-state index in [1.54, 1.807) is 0 Å². The monoisotopic (exact) mass is 232 g/mol. The second kappa shape index (κ2) is 3.94. The lowest BCUT2D eigenvalue weighted by Gasteiger charge is -2.41. The molecule has 5 N–H and O–H groups in total. The number of epoxide rings is 1. The predicted octanol–water partition coefficient (Wildman–Crippen LogP) is -2.70. The molecule has 2 aliphatic heterocycles. The van der Waals surface area contributed by atoms with Gasteiger partial charge in [-0.05, 0) is 0 Å². The van der Waals surface area contributed by atoms with Crippen LogP contribution in [0.4, 0.5) is 0 Å². The van der Waals surface area contributed by atoms with Crippen molar-refractivity contribution in [1.29, 1.82) is 0 Å². The van der Waals surface area contributed by atoms with Crippen LogP contribution in [0.3, 0.4) is 0 Å². The zero-order valence-electron chi connectivity index (χ0n) is 8.92. The van der Waals surface area contributed by atoms with E-state index in [0.29, 0.717) is 6.61 Å². The van der Waals surface area contributed by atoms with Gasteiger partial charge >= 0.3 is 0 Å². The van der Waals surface area contributed by atoms with Gasteiger partial charge < -0.3 is 30.7 Å². The average molecular weight is 232 g/mol. The first kappa shape index (κ1) is 11.7. The normalized spacial score (nSPS) is 46.8. The van der Waals surface area contributed by atoms with E-state index < -0.39 is 30.1 Å². The highest BCUT2D eigenvalue weighted by atomic mass is 16.6. The van der Waals surface area contributed by atoms with Gasteiger partial charge in [-0.3, -0.25) is 4.79 Å². The Morgan fingerprint density at radius 3 is 2.75 bits per heavy atom. The number of aliphatic hydroxyl groups excluding tert-OH is 2. The first-order valence-corrected chi connectivity index (χ1v) is 5.12. The molecule has 2 rings (SSSR count). The summed E-state index contributed by atoms with van der Waals surface area (Å²) in [5, 5.41) is 21.7. The molecule has 0 radical (unpaired) electrons.